The lowest BCUT2D eigenvalue weighted by Gasteiger charge is -2.40. The lowest BCUT2D eigenvalue weighted by molar-refractivity contribution is -0.135. The second-order valence-electron chi connectivity index (χ2n) is 6.70. The van der Waals surface area contributed by atoms with Crippen molar-refractivity contribution in [3.05, 3.63) is 17.5 Å². The van der Waals surface area contributed by atoms with Crippen LogP contribution in [0.2, 0.25) is 0 Å². The van der Waals surface area contributed by atoms with Crippen LogP contribution in [0, 0.1) is 0 Å². The molecule has 2 aliphatic heterocycles. The molecule has 1 atom stereocenters. The molecule has 1 N–H and O–H groups in total. The number of aromatic nitrogens is 1. The molecule has 2 saturated heterocycles. The van der Waals surface area contributed by atoms with Crippen molar-refractivity contribution in [1.82, 2.24) is 20.3 Å². The molecule has 1 unspecified atom stereocenters. The molecule has 1 aromatic heterocycles. The zero-order chi connectivity index (χ0) is 15.8. The highest BCUT2D eigenvalue weighted by Gasteiger charge is 2.34. The van der Waals surface area contributed by atoms with Gasteiger partial charge in [0.1, 0.15) is 5.76 Å². The van der Waals surface area contributed by atoms with Crippen LogP contribution in [0.4, 0.5) is 0 Å². The van der Waals surface area contributed by atoms with E-state index >= 15 is 0 Å². The van der Waals surface area contributed by atoms with Crippen LogP contribution in [0.25, 0.3) is 0 Å². The fourth-order valence-electron chi connectivity index (χ4n) is 3.51. The van der Waals surface area contributed by atoms with Crippen molar-refractivity contribution in [2.24, 2.45) is 0 Å². The predicted molar refractivity (Wildman–Crippen MR) is 82.0 cm³/mol. The lowest BCUT2D eigenvalue weighted by Crippen LogP contribution is -2.57. The lowest BCUT2D eigenvalue weighted by atomic mass is 10.0. The highest BCUT2D eigenvalue weighted by molar-refractivity contribution is 5.92. The Kier molecular flexibility index (Phi) is 3.80. The minimum absolute atomic E-state index is 0.0760. The van der Waals surface area contributed by atoms with Crippen molar-refractivity contribution in [2.75, 3.05) is 32.7 Å². The Morgan fingerprint density at radius 3 is 2.96 bits per heavy atom. The average molecular weight is 318 g/mol. The molecule has 7 heteroatoms. The zero-order valence-electron chi connectivity index (χ0n) is 13.2. The standard InChI is InChI=1S/C16H22N4O3/c21-15-9-17-5-7-20(15)12-2-1-6-19(10-12)16(22)13-8-14(23-18-13)11-3-4-11/h8,11-12,17H,1-7,9-10H2. The van der Waals surface area contributed by atoms with E-state index in [0.29, 0.717) is 24.7 Å². The molecule has 0 bridgehead atoms. The van der Waals surface area contributed by atoms with Gasteiger partial charge in [-0.1, -0.05) is 5.16 Å². The molecule has 3 aliphatic rings. The van der Waals surface area contributed by atoms with Crippen LogP contribution in [-0.2, 0) is 4.79 Å². The normalized spacial score (nSPS) is 25.7. The van der Waals surface area contributed by atoms with Crippen molar-refractivity contribution in [3.8, 4) is 0 Å². The van der Waals surface area contributed by atoms with Crippen LogP contribution in [0.5, 0.6) is 0 Å². The van der Waals surface area contributed by atoms with Gasteiger partial charge in [0.05, 0.1) is 6.54 Å². The Morgan fingerprint density at radius 2 is 2.17 bits per heavy atom. The predicted octanol–water partition coefficient (Wildman–Crippen LogP) is 0.588. The third-order valence-electron chi connectivity index (χ3n) is 4.98. The number of carbonyl (C=O) groups excluding carboxylic acids is 2. The quantitative estimate of drug-likeness (QED) is 0.882. The van der Waals surface area contributed by atoms with E-state index in [0.717, 1.165) is 51.1 Å². The van der Waals surface area contributed by atoms with Crippen LogP contribution in [0.15, 0.2) is 10.6 Å². The molecule has 4 rings (SSSR count). The third-order valence-corrected chi connectivity index (χ3v) is 4.98. The molecule has 0 aromatic carbocycles. The van der Waals surface area contributed by atoms with Gasteiger partial charge in [0.25, 0.3) is 5.91 Å². The minimum Gasteiger partial charge on any atom is -0.360 e. The number of piperazine rings is 1. The van der Waals surface area contributed by atoms with E-state index in [9.17, 15) is 9.59 Å². The first kappa shape index (κ1) is 14.7. The van der Waals surface area contributed by atoms with Crippen molar-refractivity contribution in [1.29, 1.82) is 0 Å². The molecule has 3 fully saturated rings. The molecule has 1 aromatic rings. The molecule has 2 amide bonds. The molecule has 0 radical (unpaired) electrons. The number of piperidine rings is 1. The van der Waals surface area contributed by atoms with Gasteiger partial charge in [0.2, 0.25) is 5.91 Å². The first-order valence-corrected chi connectivity index (χ1v) is 8.48. The van der Waals surface area contributed by atoms with Crippen LogP contribution >= 0.6 is 0 Å². The van der Waals surface area contributed by atoms with Gasteiger partial charge in [-0.15, -0.1) is 0 Å². The summed E-state index contributed by atoms with van der Waals surface area (Å²) >= 11 is 0. The van der Waals surface area contributed by atoms with E-state index in [-0.39, 0.29) is 17.9 Å². The third kappa shape index (κ3) is 2.97. The van der Waals surface area contributed by atoms with Crippen molar-refractivity contribution in [3.63, 3.8) is 0 Å². The summed E-state index contributed by atoms with van der Waals surface area (Å²) in [5, 5.41) is 7.04. The summed E-state index contributed by atoms with van der Waals surface area (Å²) in [6.45, 7) is 3.27. The van der Waals surface area contributed by atoms with Crippen molar-refractivity contribution < 1.29 is 14.1 Å². The SMILES string of the molecule is O=C(c1cc(C2CC2)on1)N1CCCC(N2CCNCC2=O)C1. The van der Waals surface area contributed by atoms with Crippen LogP contribution in [-0.4, -0.2) is 65.5 Å². The van der Waals surface area contributed by atoms with E-state index in [2.05, 4.69) is 10.5 Å². The summed E-state index contributed by atoms with van der Waals surface area (Å²) in [5.74, 6) is 1.34. The topological polar surface area (TPSA) is 78.7 Å². The van der Waals surface area contributed by atoms with Crippen molar-refractivity contribution in [2.45, 2.75) is 37.6 Å². The van der Waals surface area contributed by atoms with Gasteiger partial charge < -0.3 is 19.6 Å². The molecule has 3 heterocycles. The van der Waals surface area contributed by atoms with E-state index in [4.69, 9.17) is 4.52 Å². The number of nitrogens with zero attached hydrogens (tertiary/aromatic N) is 3. The summed E-state index contributed by atoms with van der Waals surface area (Å²) in [4.78, 5) is 28.5. The molecule has 1 aliphatic carbocycles. The number of nitrogens with one attached hydrogen (secondary N) is 1. The van der Waals surface area contributed by atoms with Gasteiger partial charge in [0, 0.05) is 44.2 Å². The average Bonchev–Trinajstić information content (AvgIpc) is 3.32. The first-order valence-electron chi connectivity index (χ1n) is 8.48. The van der Waals surface area contributed by atoms with Gasteiger partial charge in [-0.05, 0) is 25.7 Å². The smallest absolute Gasteiger partial charge is 0.276 e. The second-order valence-corrected chi connectivity index (χ2v) is 6.70. The van der Waals surface area contributed by atoms with Crippen LogP contribution in [0.1, 0.15) is 47.8 Å². The highest BCUT2D eigenvalue weighted by atomic mass is 16.5. The molecular formula is C16H22N4O3. The maximum atomic E-state index is 12.7. The van der Waals surface area contributed by atoms with Gasteiger partial charge in [-0.25, -0.2) is 0 Å². The number of carbonyl (C=O) groups is 2. The van der Waals surface area contributed by atoms with E-state index in [1.807, 2.05) is 9.80 Å². The number of amides is 2. The van der Waals surface area contributed by atoms with Gasteiger partial charge in [-0.2, -0.15) is 0 Å². The Hall–Kier alpha value is -1.89. The van der Waals surface area contributed by atoms with Gasteiger partial charge >= 0.3 is 0 Å². The van der Waals surface area contributed by atoms with E-state index in [1.54, 1.807) is 6.07 Å². The second kappa shape index (κ2) is 5.96. The maximum Gasteiger partial charge on any atom is 0.276 e. The highest BCUT2D eigenvalue weighted by Crippen LogP contribution is 2.40. The molecule has 7 nitrogen and oxygen atoms in total. The fourth-order valence-corrected chi connectivity index (χ4v) is 3.51. The summed E-state index contributed by atoms with van der Waals surface area (Å²) in [6, 6.07) is 1.91. The van der Waals surface area contributed by atoms with Crippen LogP contribution < -0.4 is 5.32 Å². The first-order chi connectivity index (χ1) is 11.2. The Balaban J connectivity index is 1.43. The molecule has 0 spiro atoms. The summed E-state index contributed by atoms with van der Waals surface area (Å²) < 4.78 is 5.29. The summed E-state index contributed by atoms with van der Waals surface area (Å²) in [6.07, 6.45) is 4.13. The summed E-state index contributed by atoms with van der Waals surface area (Å²) in [5.41, 5.74) is 0.402. The minimum atomic E-state index is -0.0760. The Labute approximate surface area is 135 Å². The van der Waals surface area contributed by atoms with Gasteiger partial charge in [0.15, 0.2) is 5.69 Å². The number of hydrogen-bond donors (Lipinski definition) is 1. The molecular weight excluding hydrogens is 296 g/mol. The largest absolute Gasteiger partial charge is 0.360 e. The Bertz CT molecular complexity index is 610. The molecule has 124 valence electrons. The van der Waals surface area contributed by atoms with Crippen LogP contribution in [0.3, 0.4) is 0 Å². The maximum absolute atomic E-state index is 12.7. The van der Waals surface area contributed by atoms with E-state index in [1.165, 1.54) is 0 Å². The summed E-state index contributed by atoms with van der Waals surface area (Å²) in [7, 11) is 0. The number of hydrogen-bond acceptors (Lipinski definition) is 5. The van der Waals surface area contributed by atoms with E-state index < -0.39 is 0 Å². The zero-order valence-corrected chi connectivity index (χ0v) is 13.2. The molecule has 23 heavy (non-hydrogen) atoms. The number of likely N-dealkylation sites (tertiary alicyclic amines) is 1. The number of rotatable bonds is 3. The fraction of sp³-hybridized carbons (Fsp3) is 0.688. The molecule has 1 saturated carbocycles. The van der Waals surface area contributed by atoms with Crippen molar-refractivity contribution >= 4 is 11.8 Å². The Morgan fingerprint density at radius 1 is 1.30 bits per heavy atom. The van der Waals surface area contributed by atoms with Gasteiger partial charge in [-0.3, -0.25) is 9.59 Å². The monoisotopic (exact) mass is 318 g/mol.